The lowest BCUT2D eigenvalue weighted by atomic mass is 10.1. The Morgan fingerprint density at radius 1 is 1.36 bits per heavy atom. The van der Waals surface area contributed by atoms with E-state index < -0.39 is 0 Å². The van der Waals surface area contributed by atoms with Crippen molar-refractivity contribution in [2.45, 2.75) is 25.6 Å². The third-order valence-electron chi connectivity index (χ3n) is 4.03. The Morgan fingerprint density at radius 3 is 2.95 bits per heavy atom. The molecule has 2 aliphatic rings. The zero-order chi connectivity index (χ0) is 14.7. The lowest BCUT2D eigenvalue weighted by molar-refractivity contribution is 0.195. The first-order valence-electron chi connectivity index (χ1n) is 7.70. The quantitative estimate of drug-likeness (QED) is 0.835. The fourth-order valence-corrected chi connectivity index (χ4v) is 2.82. The minimum absolute atomic E-state index is 0. The van der Waals surface area contributed by atoms with Crippen molar-refractivity contribution in [3.63, 3.8) is 0 Å². The van der Waals surface area contributed by atoms with Gasteiger partial charge in [0.2, 0.25) is 0 Å². The van der Waals surface area contributed by atoms with Gasteiger partial charge in [0, 0.05) is 38.0 Å². The van der Waals surface area contributed by atoms with E-state index in [2.05, 4.69) is 41.8 Å². The largest absolute Gasteiger partial charge is 0.492 e. The number of halogens is 1. The number of ether oxygens (including phenoxy) is 2. The van der Waals surface area contributed by atoms with Gasteiger partial charge >= 0.3 is 0 Å². The van der Waals surface area contributed by atoms with Crippen LogP contribution < -0.4 is 15.4 Å². The summed E-state index contributed by atoms with van der Waals surface area (Å²) >= 11 is 0. The summed E-state index contributed by atoms with van der Waals surface area (Å²) in [7, 11) is 4.12. The Hall–Kier alpha value is -1.01. The van der Waals surface area contributed by atoms with E-state index in [1.807, 2.05) is 0 Å². The first-order valence-corrected chi connectivity index (χ1v) is 7.70. The number of fused-ring (bicyclic) bond motifs is 1. The van der Waals surface area contributed by atoms with Crippen LogP contribution in [-0.4, -0.2) is 51.4 Å². The number of rotatable bonds is 6. The number of hydrogen-bond acceptors (Lipinski definition) is 5. The van der Waals surface area contributed by atoms with Crippen molar-refractivity contribution in [2.24, 2.45) is 0 Å². The van der Waals surface area contributed by atoms with Gasteiger partial charge in [0.25, 0.3) is 0 Å². The van der Waals surface area contributed by atoms with Crippen LogP contribution in [0.15, 0.2) is 12.1 Å². The maximum absolute atomic E-state index is 5.91. The molecule has 2 N–H and O–H groups in total. The molecule has 1 aromatic rings. The molecule has 0 saturated carbocycles. The number of hydrogen-bond donors (Lipinski definition) is 2. The van der Waals surface area contributed by atoms with Gasteiger partial charge in [0.1, 0.15) is 12.4 Å². The highest BCUT2D eigenvalue weighted by Gasteiger charge is 2.21. The standard InChI is InChI=1S/C16H25N3O2.ClH/c1-19(2)4-6-21-14-7-12-9-17-10-15(12)16(8-14)18-13-3-5-20-11-13;/h7-8,13,17-18H,3-6,9-11H2,1-2H3;1H/t13-;/m1./s1. The highest BCUT2D eigenvalue weighted by atomic mass is 35.5. The van der Waals surface area contributed by atoms with Crippen LogP contribution in [0.25, 0.3) is 0 Å². The van der Waals surface area contributed by atoms with Crippen LogP contribution in [0.2, 0.25) is 0 Å². The number of anilines is 1. The van der Waals surface area contributed by atoms with Gasteiger partial charge in [-0.15, -0.1) is 12.4 Å². The van der Waals surface area contributed by atoms with Crippen LogP contribution in [0, 0.1) is 0 Å². The lowest BCUT2D eigenvalue weighted by Crippen LogP contribution is -2.21. The first kappa shape index (κ1) is 17.3. The second-order valence-corrected chi connectivity index (χ2v) is 6.07. The molecule has 0 amide bonds. The summed E-state index contributed by atoms with van der Waals surface area (Å²) in [4.78, 5) is 2.13. The monoisotopic (exact) mass is 327 g/mol. The molecular formula is C16H26ClN3O2. The molecule has 0 unspecified atom stereocenters. The molecule has 22 heavy (non-hydrogen) atoms. The van der Waals surface area contributed by atoms with Crippen molar-refractivity contribution in [2.75, 3.05) is 45.8 Å². The van der Waals surface area contributed by atoms with Gasteiger partial charge in [-0.05, 0) is 37.7 Å². The second-order valence-electron chi connectivity index (χ2n) is 6.07. The third-order valence-corrected chi connectivity index (χ3v) is 4.03. The van der Waals surface area contributed by atoms with Gasteiger partial charge in [-0.2, -0.15) is 0 Å². The number of benzene rings is 1. The summed E-state index contributed by atoms with van der Waals surface area (Å²) in [5.74, 6) is 0.959. The maximum Gasteiger partial charge on any atom is 0.121 e. The van der Waals surface area contributed by atoms with Gasteiger partial charge in [-0.1, -0.05) is 0 Å². The van der Waals surface area contributed by atoms with Crippen molar-refractivity contribution < 1.29 is 9.47 Å². The van der Waals surface area contributed by atoms with E-state index in [1.165, 1.54) is 16.8 Å². The molecule has 1 saturated heterocycles. The normalized spacial score (nSPS) is 19.9. The smallest absolute Gasteiger partial charge is 0.121 e. The summed E-state index contributed by atoms with van der Waals surface area (Å²) in [6, 6.07) is 4.73. The first-order chi connectivity index (χ1) is 10.2. The molecule has 124 valence electrons. The van der Waals surface area contributed by atoms with E-state index in [-0.39, 0.29) is 12.4 Å². The van der Waals surface area contributed by atoms with Gasteiger partial charge in [-0.3, -0.25) is 0 Å². The predicted molar refractivity (Wildman–Crippen MR) is 91.1 cm³/mol. The van der Waals surface area contributed by atoms with E-state index in [9.17, 15) is 0 Å². The third kappa shape index (κ3) is 4.26. The van der Waals surface area contributed by atoms with E-state index in [0.717, 1.165) is 45.0 Å². The van der Waals surface area contributed by atoms with Crippen molar-refractivity contribution >= 4 is 18.1 Å². The van der Waals surface area contributed by atoms with E-state index in [4.69, 9.17) is 9.47 Å². The summed E-state index contributed by atoms with van der Waals surface area (Å²) < 4.78 is 11.4. The zero-order valence-corrected chi connectivity index (χ0v) is 14.2. The maximum atomic E-state index is 5.91. The SMILES string of the molecule is CN(C)CCOc1cc2c(c(N[C@@H]3CCOC3)c1)CNC2.Cl. The Morgan fingerprint density at radius 2 is 2.23 bits per heavy atom. The van der Waals surface area contributed by atoms with E-state index in [1.54, 1.807) is 0 Å². The minimum Gasteiger partial charge on any atom is -0.492 e. The van der Waals surface area contributed by atoms with Crippen LogP contribution >= 0.6 is 12.4 Å². The van der Waals surface area contributed by atoms with Crippen LogP contribution in [0.5, 0.6) is 5.75 Å². The molecule has 0 spiro atoms. The van der Waals surface area contributed by atoms with Crippen molar-refractivity contribution in [1.82, 2.24) is 10.2 Å². The fraction of sp³-hybridized carbons (Fsp3) is 0.625. The molecule has 2 heterocycles. The molecule has 3 rings (SSSR count). The average Bonchev–Trinajstić information content (AvgIpc) is 3.09. The van der Waals surface area contributed by atoms with Crippen molar-refractivity contribution in [3.05, 3.63) is 23.3 Å². The number of nitrogens with zero attached hydrogens (tertiary/aromatic N) is 1. The average molecular weight is 328 g/mol. The Labute approximate surface area is 138 Å². The molecule has 1 aromatic carbocycles. The molecule has 5 nitrogen and oxygen atoms in total. The molecule has 1 fully saturated rings. The van der Waals surface area contributed by atoms with Crippen LogP contribution in [0.3, 0.4) is 0 Å². The Kier molecular flexibility index (Phi) is 6.32. The molecule has 1 atom stereocenters. The van der Waals surface area contributed by atoms with Crippen molar-refractivity contribution in [3.8, 4) is 5.75 Å². The summed E-state index contributed by atoms with van der Waals surface area (Å²) in [6.45, 7) is 5.16. The van der Waals surface area contributed by atoms with E-state index in [0.29, 0.717) is 12.6 Å². The van der Waals surface area contributed by atoms with Gasteiger partial charge in [0.05, 0.1) is 12.6 Å². The molecular weight excluding hydrogens is 302 g/mol. The van der Waals surface area contributed by atoms with Crippen molar-refractivity contribution in [1.29, 1.82) is 0 Å². The highest BCUT2D eigenvalue weighted by molar-refractivity contribution is 5.85. The molecule has 0 aromatic heterocycles. The Balaban J connectivity index is 0.00000176. The summed E-state index contributed by atoms with van der Waals surface area (Å²) in [5, 5.41) is 7.04. The number of nitrogens with one attached hydrogen (secondary N) is 2. The lowest BCUT2D eigenvalue weighted by Gasteiger charge is -2.18. The molecule has 0 bridgehead atoms. The number of likely N-dealkylation sites (N-methyl/N-ethyl adjacent to an activating group) is 1. The molecule has 0 radical (unpaired) electrons. The van der Waals surface area contributed by atoms with Gasteiger partial charge in [-0.25, -0.2) is 0 Å². The van der Waals surface area contributed by atoms with Crippen LogP contribution in [0.4, 0.5) is 5.69 Å². The molecule has 2 aliphatic heterocycles. The predicted octanol–water partition coefficient (Wildman–Crippen LogP) is 1.85. The van der Waals surface area contributed by atoms with Crippen LogP contribution in [-0.2, 0) is 17.8 Å². The summed E-state index contributed by atoms with van der Waals surface area (Å²) in [5.41, 5.74) is 3.92. The van der Waals surface area contributed by atoms with Gasteiger partial charge < -0.3 is 25.0 Å². The van der Waals surface area contributed by atoms with Crippen LogP contribution in [0.1, 0.15) is 17.5 Å². The zero-order valence-electron chi connectivity index (χ0n) is 13.4. The molecule has 0 aliphatic carbocycles. The van der Waals surface area contributed by atoms with Gasteiger partial charge in [0.15, 0.2) is 0 Å². The highest BCUT2D eigenvalue weighted by Crippen LogP contribution is 2.31. The Bertz CT molecular complexity index is 491. The van der Waals surface area contributed by atoms with E-state index >= 15 is 0 Å². The topological polar surface area (TPSA) is 45.8 Å². The second kappa shape index (κ2) is 8.02. The minimum atomic E-state index is 0. The summed E-state index contributed by atoms with van der Waals surface area (Å²) in [6.07, 6.45) is 1.08. The molecule has 6 heteroatoms. The fourth-order valence-electron chi connectivity index (χ4n) is 2.82.